The minimum Gasteiger partial charge on any atom is -0.207 e. The Labute approximate surface area is 126 Å². The van der Waals surface area contributed by atoms with Crippen molar-refractivity contribution in [2.24, 2.45) is 17.8 Å². The average Bonchev–Trinajstić information content (AvgIpc) is 2.49. The molecule has 0 saturated heterocycles. The summed E-state index contributed by atoms with van der Waals surface area (Å²) in [5.74, 6) is 2.32. The molecule has 2 aliphatic rings. The smallest absolute Gasteiger partial charge is 0.126 e. The molecule has 20 heavy (non-hydrogen) atoms. The van der Waals surface area contributed by atoms with Gasteiger partial charge < -0.3 is 0 Å². The summed E-state index contributed by atoms with van der Waals surface area (Å²) in [5.41, 5.74) is 0.776. The Hall–Kier alpha value is -0.560. The molecule has 0 aromatic heterocycles. The normalized spacial score (nSPS) is 31.6. The van der Waals surface area contributed by atoms with Gasteiger partial charge in [0.2, 0.25) is 0 Å². The summed E-state index contributed by atoms with van der Waals surface area (Å²) in [4.78, 5) is 0. The van der Waals surface area contributed by atoms with E-state index in [4.69, 9.17) is 11.6 Å². The largest absolute Gasteiger partial charge is 0.207 e. The van der Waals surface area contributed by atoms with Crippen molar-refractivity contribution in [1.29, 1.82) is 0 Å². The molecule has 0 spiro atoms. The molecule has 1 aromatic rings. The van der Waals surface area contributed by atoms with Crippen molar-refractivity contribution in [3.05, 3.63) is 35.6 Å². The van der Waals surface area contributed by atoms with E-state index in [2.05, 4.69) is 0 Å². The molecular formula is C18H24ClF. The minimum absolute atomic E-state index is 0.0924. The number of halogens is 2. The van der Waals surface area contributed by atoms with Gasteiger partial charge in [-0.2, -0.15) is 0 Å². The maximum absolute atomic E-state index is 13.7. The molecular weight excluding hydrogens is 271 g/mol. The molecule has 0 nitrogen and oxygen atoms in total. The van der Waals surface area contributed by atoms with Crippen LogP contribution < -0.4 is 0 Å². The van der Waals surface area contributed by atoms with Crippen LogP contribution in [0.1, 0.15) is 50.5 Å². The summed E-state index contributed by atoms with van der Waals surface area (Å²) in [6.45, 7) is 0. The summed E-state index contributed by atoms with van der Waals surface area (Å²) < 4.78 is 13.7. The Bertz CT molecular complexity index is 445. The molecule has 2 saturated carbocycles. The lowest BCUT2D eigenvalue weighted by Gasteiger charge is -2.40. The number of hydrogen-bond donors (Lipinski definition) is 0. The second-order valence-electron chi connectivity index (χ2n) is 6.69. The topological polar surface area (TPSA) is 0 Å². The Morgan fingerprint density at radius 2 is 1.80 bits per heavy atom. The number of hydrogen-bond acceptors (Lipinski definition) is 0. The van der Waals surface area contributed by atoms with Crippen LogP contribution in [0, 0.1) is 23.6 Å². The van der Waals surface area contributed by atoms with Crippen molar-refractivity contribution in [1.82, 2.24) is 0 Å². The third-order valence-corrected chi connectivity index (χ3v) is 5.98. The van der Waals surface area contributed by atoms with Gasteiger partial charge >= 0.3 is 0 Å². The van der Waals surface area contributed by atoms with Gasteiger partial charge in [-0.25, -0.2) is 4.39 Å². The van der Waals surface area contributed by atoms with E-state index in [0.717, 1.165) is 17.4 Å². The van der Waals surface area contributed by atoms with Crippen LogP contribution in [-0.2, 0) is 6.42 Å². The predicted octanol–water partition coefficient (Wildman–Crippen LogP) is 5.58. The minimum atomic E-state index is -0.107. The molecule has 3 rings (SSSR count). The Morgan fingerprint density at radius 3 is 2.60 bits per heavy atom. The fourth-order valence-corrected chi connectivity index (χ4v) is 4.67. The summed E-state index contributed by atoms with van der Waals surface area (Å²) in [6, 6.07) is 7.06. The molecule has 0 amide bonds. The van der Waals surface area contributed by atoms with Crippen LogP contribution in [0.3, 0.4) is 0 Å². The standard InChI is InChI=1S/C18H24ClF/c19-17(12-16-7-3-4-8-18(16)20)15-10-9-13-5-1-2-6-14(13)11-15/h3-4,7-8,13-15,17H,1-2,5-6,9-12H2. The molecule has 1 aromatic carbocycles. The molecule has 0 heterocycles. The zero-order valence-electron chi connectivity index (χ0n) is 12.0. The van der Waals surface area contributed by atoms with Crippen molar-refractivity contribution in [3.8, 4) is 0 Å². The molecule has 0 aliphatic heterocycles. The van der Waals surface area contributed by atoms with E-state index in [1.165, 1.54) is 51.0 Å². The average molecular weight is 295 g/mol. The number of benzene rings is 1. The quantitative estimate of drug-likeness (QED) is 0.638. The second-order valence-corrected chi connectivity index (χ2v) is 7.25. The van der Waals surface area contributed by atoms with Crippen molar-refractivity contribution in [2.75, 3.05) is 0 Å². The highest BCUT2D eigenvalue weighted by atomic mass is 35.5. The van der Waals surface area contributed by atoms with E-state index in [1.807, 2.05) is 12.1 Å². The molecule has 2 fully saturated rings. The van der Waals surface area contributed by atoms with Gasteiger partial charge in [0.05, 0.1) is 0 Å². The maximum Gasteiger partial charge on any atom is 0.126 e. The van der Waals surface area contributed by atoms with Gasteiger partial charge in [0.25, 0.3) is 0 Å². The maximum atomic E-state index is 13.7. The molecule has 0 bridgehead atoms. The molecule has 2 heteroatoms. The first-order chi connectivity index (χ1) is 9.74. The highest BCUT2D eigenvalue weighted by molar-refractivity contribution is 6.20. The zero-order chi connectivity index (χ0) is 13.9. The van der Waals surface area contributed by atoms with E-state index >= 15 is 0 Å². The van der Waals surface area contributed by atoms with Crippen LogP contribution in [-0.4, -0.2) is 5.38 Å². The van der Waals surface area contributed by atoms with Crippen LogP contribution in [0.5, 0.6) is 0 Å². The second kappa shape index (κ2) is 6.47. The van der Waals surface area contributed by atoms with E-state index in [1.54, 1.807) is 6.07 Å². The van der Waals surface area contributed by atoms with Crippen LogP contribution in [0.4, 0.5) is 4.39 Å². The first-order valence-corrected chi connectivity index (χ1v) is 8.55. The third-order valence-electron chi connectivity index (χ3n) is 5.46. The lowest BCUT2D eigenvalue weighted by molar-refractivity contribution is 0.127. The van der Waals surface area contributed by atoms with E-state index < -0.39 is 0 Å². The van der Waals surface area contributed by atoms with Gasteiger partial charge in [0, 0.05) is 5.38 Å². The van der Waals surface area contributed by atoms with Gasteiger partial charge in [0.15, 0.2) is 0 Å². The molecule has 0 radical (unpaired) electrons. The number of rotatable bonds is 3. The van der Waals surface area contributed by atoms with Gasteiger partial charge in [0.1, 0.15) is 5.82 Å². The van der Waals surface area contributed by atoms with Crippen molar-refractivity contribution in [3.63, 3.8) is 0 Å². The first kappa shape index (κ1) is 14.4. The van der Waals surface area contributed by atoms with Crippen LogP contribution in [0.2, 0.25) is 0 Å². The highest BCUT2D eigenvalue weighted by Gasteiger charge is 2.34. The molecule has 0 N–H and O–H groups in total. The lowest BCUT2D eigenvalue weighted by atomic mass is 9.66. The van der Waals surface area contributed by atoms with Crippen LogP contribution in [0.15, 0.2) is 24.3 Å². The van der Waals surface area contributed by atoms with E-state index in [-0.39, 0.29) is 11.2 Å². The lowest BCUT2D eigenvalue weighted by Crippen LogP contribution is -2.32. The molecule has 4 atom stereocenters. The summed E-state index contributed by atoms with van der Waals surface area (Å²) >= 11 is 6.63. The monoisotopic (exact) mass is 294 g/mol. The van der Waals surface area contributed by atoms with Crippen LogP contribution in [0.25, 0.3) is 0 Å². The van der Waals surface area contributed by atoms with Gasteiger partial charge in [-0.05, 0) is 55.1 Å². The van der Waals surface area contributed by atoms with E-state index in [9.17, 15) is 4.39 Å². The van der Waals surface area contributed by atoms with Gasteiger partial charge in [-0.1, -0.05) is 43.9 Å². The fraction of sp³-hybridized carbons (Fsp3) is 0.667. The highest BCUT2D eigenvalue weighted by Crippen LogP contribution is 2.44. The van der Waals surface area contributed by atoms with Crippen molar-refractivity contribution >= 4 is 11.6 Å². The SMILES string of the molecule is Fc1ccccc1CC(Cl)C1CCC2CCCCC2C1. The molecule has 110 valence electrons. The van der Waals surface area contributed by atoms with Gasteiger partial charge in [-0.15, -0.1) is 11.6 Å². The Morgan fingerprint density at radius 1 is 1.05 bits per heavy atom. The zero-order valence-corrected chi connectivity index (χ0v) is 12.8. The van der Waals surface area contributed by atoms with E-state index in [0.29, 0.717) is 12.3 Å². The number of alkyl halides is 1. The Balaban J connectivity index is 1.60. The van der Waals surface area contributed by atoms with Crippen molar-refractivity contribution in [2.45, 2.75) is 56.7 Å². The summed E-state index contributed by atoms with van der Waals surface area (Å²) in [6.07, 6.45) is 10.2. The van der Waals surface area contributed by atoms with Crippen LogP contribution >= 0.6 is 11.6 Å². The number of fused-ring (bicyclic) bond motifs is 1. The third kappa shape index (κ3) is 3.19. The predicted molar refractivity (Wildman–Crippen MR) is 82.5 cm³/mol. The molecule has 4 unspecified atom stereocenters. The summed E-state index contributed by atoms with van der Waals surface area (Å²) in [5, 5.41) is 0.0924. The van der Waals surface area contributed by atoms with Gasteiger partial charge in [-0.3, -0.25) is 0 Å². The Kier molecular flexibility index (Phi) is 4.65. The summed E-state index contributed by atoms with van der Waals surface area (Å²) in [7, 11) is 0. The molecule has 2 aliphatic carbocycles. The first-order valence-electron chi connectivity index (χ1n) is 8.11. The van der Waals surface area contributed by atoms with Crippen molar-refractivity contribution < 1.29 is 4.39 Å². The fourth-order valence-electron chi connectivity index (χ4n) is 4.28.